The molecule has 4 heteroatoms. The van der Waals surface area contributed by atoms with Gasteiger partial charge in [0.2, 0.25) is 11.6 Å². The first-order chi connectivity index (χ1) is 10.7. The molecule has 1 aliphatic rings. The second-order valence-corrected chi connectivity index (χ2v) is 7.48. The van der Waals surface area contributed by atoms with Gasteiger partial charge in [0.15, 0.2) is 0 Å². The Morgan fingerprint density at radius 3 is 1.55 bits per heavy atom. The Hall–Kier alpha value is -1.00. The predicted molar refractivity (Wildman–Crippen MR) is 96.9 cm³/mol. The van der Waals surface area contributed by atoms with Gasteiger partial charge in [-0.25, -0.2) is 0 Å². The van der Waals surface area contributed by atoms with Crippen LogP contribution >= 0.6 is 23.5 Å². The zero-order chi connectivity index (χ0) is 15.9. The summed E-state index contributed by atoms with van der Waals surface area (Å²) in [5, 5.41) is 0. The molecule has 0 saturated carbocycles. The smallest absolute Gasteiger partial charge is 0.201 e. The molecule has 2 nitrogen and oxygen atoms in total. The maximum absolute atomic E-state index is 12.8. The lowest BCUT2D eigenvalue weighted by atomic mass is 9.94. The summed E-state index contributed by atoms with van der Waals surface area (Å²) in [5.41, 5.74) is 1.12. The van der Waals surface area contributed by atoms with Crippen LogP contribution < -0.4 is 0 Å². The molecule has 1 aliphatic carbocycles. The molecule has 0 fully saturated rings. The van der Waals surface area contributed by atoms with Crippen LogP contribution in [0.15, 0.2) is 34.1 Å². The predicted octanol–water partition coefficient (Wildman–Crippen LogP) is 5.34. The van der Waals surface area contributed by atoms with Crippen LogP contribution in [0.4, 0.5) is 0 Å². The van der Waals surface area contributed by atoms with E-state index in [1.807, 2.05) is 12.1 Å². The van der Waals surface area contributed by atoms with Gasteiger partial charge in [0.05, 0.1) is 9.81 Å². The maximum atomic E-state index is 12.8. The van der Waals surface area contributed by atoms with Crippen molar-refractivity contribution < 1.29 is 9.59 Å². The molecule has 0 bridgehead atoms. The van der Waals surface area contributed by atoms with Gasteiger partial charge in [-0.05, 0) is 24.3 Å². The molecule has 2 rings (SSSR count). The number of Topliss-reactive ketones (excluding diaryl/α,β-unsaturated/α-hetero) is 2. The third-order valence-electron chi connectivity index (χ3n) is 3.52. The molecule has 0 atom stereocenters. The van der Waals surface area contributed by atoms with Crippen molar-refractivity contribution in [1.29, 1.82) is 0 Å². The molecule has 0 saturated heterocycles. The first kappa shape index (κ1) is 17.4. The third-order valence-corrected chi connectivity index (χ3v) is 5.99. The highest BCUT2D eigenvalue weighted by Gasteiger charge is 2.32. The Kier molecular flexibility index (Phi) is 6.77. The number of unbranched alkanes of at least 4 members (excludes halogenated alkanes) is 2. The number of hydrogen-bond acceptors (Lipinski definition) is 4. The number of benzene rings is 1. The van der Waals surface area contributed by atoms with Crippen LogP contribution in [0.3, 0.4) is 0 Å². The van der Waals surface area contributed by atoms with E-state index in [9.17, 15) is 9.59 Å². The van der Waals surface area contributed by atoms with Crippen molar-refractivity contribution in [2.24, 2.45) is 0 Å². The summed E-state index contributed by atoms with van der Waals surface area (Å²) in [4.78, 5) is 26.8. The average molecular weight is 335 g/mol. The summed E-state index contributed by atoms with van der Waals surface area (Å²) >= 11 is 3.10. The Morgan fingerprint density at radius 1 is 0.773 bits per heavy atom. The summed E-state index contributed by atoms with van der Waals surface area (Å²) in [6, 6.07) is 7.19. The quantitative estimate of drug-likeness (QED) is 0.601. The molecule has 0 N–H and O–H groups in total. The minimum Gasteiger partial charge on any atom is -0.288 e. The summed E-state index contributed by atoms with van der Waals surface area (Å²) in [6.07, 6.45) is 4.31. The van der Waals surface area contributed by atoms with Crippen molar-refractivity contribution in [3.8, 4) is 0 Å². The topological polar surface area (TPSA) is 34.1 Å². The Labute approximate surface area is 141 Å². The van der Waals surface area contributed by atoms with Gasteiger partial charge in [0, 0.05) is 11.1 Å². The molecule has 1 aromatic rings. The second kappa shape index (κ2) is 8.59. The number of fused-ring (bicyclic) bond motifs is 1. The van der Waals surface area contributed by atoms with Gasteiger partial charge in [-0.3, -0.25) is 9.59 Å². The Bertz CT molecular complexity index is 540. The molecule has 0 amide bonds. The maximum Gasteiger partial charge on any atom is 0.201 e. The van der Waals surface area contributed by atoms with Crippen LogP contribution in [-0.4, -0.2) is 23.1 Å². The van der Waals surface area contributed by atoms with E-state index in [0.717, 1.165) is 37.2 Å². The largest absolute Gasteiger partial charge is 0.288 e. The molecule has 0 heterocycles. The van der Waals surface area contributed by atoms with Crippen molar-refractivity contribution in [1.82, 2.24) is 0 Å². The second-order valence-electron chi connectivity index (χ2n) is 5.27. The number of carbonyl (C=O) groups is 2. The van der Waals surface area contributed by atoms with Crippen LogP contribution in [0.2, 0.25) is 0 Å². The van der Waals surface area contributed by atoms with E-state index in [1.54, 1.807) is 35.7 Å². The minimum absolute atomic E-state index is 0.0234. The lowest BCUT2D eigenvalue weighted by Gasteiger charge is -2.20. The minimum atomic E-state index is 0.0234. The zero-order valence-electron chi connectivity index (χ0n) is 13.2. The third kappa shape index (κ3) is 3.85. The van der Waals surface area contributed by atoms with Crippen molar-refractivity contribution in [2.75, 3.05) is 11.5 Å². The van der Waals surface area contributed by atoms with Crippen LogP contribution in [0, 0.1) is 0 Å². The van der Waals surface area contributed by atoms with E-state index in [4.69, 9.17) is 0 Å². The van der Waals surface area contributed by atoms with E-state index < -0.39 is 0 Å². The number of thioether (sulfide) groups is 2. The van der Waals surface area contributed by atoms with E-state index in [-0.39, 0.29) is 11.6 Å². The van der Waals surface area contributed by atoms with Gasteiger partial charge in [0.25, 0.3) is 0 Å². The van der Waals surface area contributed by atoms with Gasteiger partial charge in [-0.1, -0.05) is 51.0 Å². The SMILES string of the molecule is CCCCSC1=C(SCCCC)C(=O)c2ccccc2C1=O. The van der Waals surface area contributed by atoms with Crippen molar-refractivity contribution in [2.45, 2.75) is 39.5 Å². The molecule has 1 aromatic carbocycles. The summed E-state index contributed by atoms with van der Waals surface area (Å²) < 4.78 is 0. The van der Waals surface area contributed by atoms with Gasteiger partial charge in [0.1, 0.15) is 0 Å². The van der Waals surface area contributed by atoms with Crippen molar-refractivity contribution in [3.63, 3.8) is 0 Å². The molecular weight excluding hydrogens is 312 g/mol. The number of rotatable bonds is 8. The summed E-state index contributed by atoms with van der Waals surface area (Å²) in [7, 11) is 0. The molecule has 0 aliphatic heterocycles. The molecule has 0 aromatic heterocycles. The van der Waals surface area contributed by atoms with E-state index in [1.165, 1.54) is 0 Å². The fraction of sp³-hybridized carbons (Fsp3) is 0.444. The molecule has 0 radical (unpaired) electrons. The van der Waals surface area contributed by atoms with Crippen molar-refractivity contribution >= 4 is 35.1 Å². The molecule has 0 spiro atoms. The van der Waals surface area contributed by atoms with Gasteiger partial charge in [-0.15, -0.1) is 23.5 Å². The number of allylic oxidation sites excluding steroid dienone is 2. The van der Waals surface area contributed by atoms with Crippen LogP contribution in [0.1, 0.15) is 60.2 Å². The lowest BCUT2D eigenvalue weighted by Crippen LogP contribution is -2.20. The number of carbonyl (C=O) groups excluding carboxylic acids is 2. The molecule has 118 valence electrons. The zero-order valence-corrected chi connectivity index (χ0v) is 14.8. The first-order valence-electron chi connectivity index (χ1n) is 7.89. The highest BCUT2D eigenvalue weighted by Crippen LogP contribution is 2.38. The summed E-state index contributed by atoms with van der Waals surface area (Å²) in [6.45, 7) is 4.27. The monoisotopic (exact) mass is 334 g/mol. The van der Waals surface area contributed by atoms with Crippen LogP contribution in [0.25, 0.3) is 0 Å². The fourth-order valence-electron chi connectivity index (χ4n) is 2.23. The summed E-state index contributed by atoms with van der Waals surface area (Å²) in [5.74, 6) is 1.83. The van der Waals surface area contributed by atoms with Crippen LogP contribution in [0.5, 0.6) is 0 Å². The standard InChI is InChI=1S/C18H22O2S2/c1-3-5-11-21-17-15(19)13-9-7-8-10-14(13)16(20)18(17)22-12-6-4-2/h7-10H,3-6,11-12H2,1-2H3. The van der Waals surface area contributed by atoms with Gasteiger partial charge < -0.3 is 0 Å². The van der Waals surface area contributed by atoms with Crippen LogP contribution in [-0.2, 0) is 0 Å². The average Bonchev–Trinajstić information content (AvgIpc) is 2.54. The Balaban J connectivity index is 2.32. The van der Waals surface area contributed by atoms with Gasteiger partial charge >= 0.3 is 0 Å². The van der Waals surface area contributed by atoms with Gasteiger partial charge in [-0.2, -0.15) is 0 Å². The van der Waals surface area contributed by atoms with E-state index in [2.05, 4.69) is 13.8 Å². The highest BCUT2D eigenvalue weighted by molar-refractivity contribution is 8.08. The number of ketones is 2. The molecule has 0 unspecified atom stereocenters. The Morgan fingerprint density at radius 2 is 1.18 bits per heavy atom. The fourth-order valence-corrected chi connectivity index (χ4v) is 4.79. The highest BCUT2D eigenvalue weighted by atomic mass is 32.2. The van der Waals surface area contributed by atoms with E-state index >= 15 is 0 Å². The molecule has 22 heavy (non-hydrogen) atoms. The molecular formula is C18H22O2S2. The number of hydrogen-bond donors (Lipinski definition) is 0. The van der Waals surface area contributed by atoms with Crippen molar-refractivity contribution in [3.05, 3.63) is 45.2 Å². The lowest BCUT2D eigenvalue weighted by molar-refractivity contribution is 0.0988. The van der Waals surface area contributed by atoms with E-state index in [0.29, 0.717) is 20.9 Å². The first-order valence-corrected chi connectivity index (χ1v) is 9.86. The normalized spacial score (nSPS) is 14.5.